The van der Waals surface area contributed by atoms with Crippen LogP contribution in [0.1, 0.15) is 21.6 Å². The summed E-state index contributed by atoms with van der Waals surface area (Å²) >= 11 is 12.1. The number of benzene rings is 2. The molecule has 0 aliphatic heterocycles. The summed E-state index contributed by atoms with van der Waals surface area (Å²) in [5, 5.41) is 12.4. The summed E-state index contributed by atoms with van der Waals surface area (Å²) in [4.78, 5) is 30.8. The van der Waals surface area contributed by atoms with Crippen molar-refractivity contribution in [1.29, 1.82) is 0 Å². The Morgan fingerprint density at radius 1 is 1.03 bits per heavy atom. The molecule has 3 aromatic rings. The highest BCUT2D eigenvalue weighted by molar-refractivity contribution is 6.39. The van der Waals surface area contributed by atoms with Gasteiger partial charge in [-0.2, -0.15) is 0 Å². The molecule has 9 heteroatoms. The first kappa shape index (κ1) is 25.3. The second-order valence-corrected chi connectivity index (χ2v) is 8.60. The molecule has 2 N–H and O–H groups in total. The Kier molecular flexibility index (Phi) is 8.73. The smallest absolute Gasteiger partial charge is 0.326 e. The molecule has 1 heterocycles. The van der Waals surface area contributed by atoms with Gasteiger partial charge in [0, 0.05) is 32.6 Å². The molecule has 178 valence electrons. The van der Waals surface area contributed by atoms with Crippen LogP contribution in [0.5, 0.6) is 5.75 Å². The van der Waals surface area contributed by atoms with Gasteiger partial charge in [-0.05, 0) is 42.0 Å². The third-order valence-corrected chi connectivity index (χ3v) is 5.66. The minimum absolute atomic E-state index is 0.0476. The average Bonchev–Trinajstić information content (AvgIpc) is 2.79. The highest BCUT2D eigenvalue weighted by atomic mass is 35.5. The van der Waals surface area contributed by atoms with Crippen molar-refractivity contribution in [2.75, 3.05) is 25.6 Å². The van der Waals surface area contributed by atoms with Crippen LogP contribution in [0.15, 0.2) is 60.7 Å². The van der Waals surface area contributed by atoms with E-state index in [2.05, 4.69) is 10.3 Å². The number of aromatic nitrogens is 1. The SMILES string of the molecule is CN(C)c1cccc(CCOc2ccc(C[C@H](NC(=O)c3c(Cl)cccc3Cl)C(=O)O)cc2)n1. The van der Waals surface area contributed by atoms with Crippen molar-refractivity contribution in [2.45, 2.75) is 18.9 Å². The van der Waals surface area contributed by atoms with Crippen molar-refractivity contribution in [2.24, 2.45) is 0 Å². The standard InChI is InChI=1S/C25H25Cl2N3O4/c1-30(2)22-8-3-5-17(28-22)13-14-34-18-11-9-16(10-12-18)15-21(25(32)33)29-24(31)23-19(26)6-4-7-20(23)27/h3-12,21H,13-15H2,1-2H3,(H,29,31)(H,32,33)/t21-/m0/s1. The van der Waals surface area contributed by atoms with E-state index in [-0.39, 0.29) is 22.0 Å². The number of halogens is 2. The Morgan fingerprint density at radius 2 is 1.68 bits per heavy atom. The van der Waals surface area contributed by atoms with E-state index in [9.17, 15) is 14.7 Å². The van der Waals surface area contributed by atoms with Gasteiger partial charge in [-0.1, -0.05) is 47.5 Å². The molecule has 1 atom stereocenters. The van der Waals surface area contributed by atoms with E-state index in [0.29, 0.717) is 18.8 Å². The zero-order chi connectivity index (χ0) is 24.7. The monoisotopic (exact) mass is 501 g/mol. The number of anilines is 1. The van der Waals surface area contributed by atoms with Gasteiger partial charge in [0.2, 0.25) is 0 Å². The topological polar surface area (TPSA) is 91.8 Å². The summed E-state index contributed by atoms with van der Waals surface area (Å²) < 4.78 is 5.80. The summed E-state index contributed by atoms with van der Waals surface area (Å²) in [7, 11) is 3.88. The lowest BCUT2D eigenvalue weighted by Gasteiger charge is -2.16. The van der Waals surface area contributed by atoms with Crippen LogP contribution >= 0.6 is 23.2 Å². The summed E-state index contributed by atoms with van der Waals surface area (Å²) in [6, 6.07) is 16.4. The van der Waals surface area contributed by atoms with Gasteiger partial charge in [-0.15, -0.1) is 0 Å². The lowest BCUT2D eigenvalue weighted by molar-refractivity contribution is -0.139. The van der Waals surface area contributed by atoms with Crippen LogP contribution in [0.4, 0.5) is 5.82 Å². The molecule has 0 saturated carbocycles. The number of hydrogen-bond donors (Lipinski definition) is 2. The Hall–Kier alpha value is -3.29. The van der Waals surface area contributed by atoms with Gasteiger partial charge in [0.05, 0.1) is 22.2 Å². The second-order valence-electron chi connectivity index (χ2n) is 7.79. The molecule has 0 saturated heterocycles. The molecule has 7 nitrogen and oxygen atoms in total. The molecule has 0 unspecified atom stereocenters. The molecule has 1 aromatic heterocycles. The molecule has 0 aliphatic rings. The van der Waals surface area contributed by atoms with E-state index in [1.807, 2.05) is 37.2 Å². The average molecular weight is 502 g/mol. The number of carbonyl (C=O) groups excluding carboxylic acids is 1. The van der Waals surface area contributed by atoms with Crippen LogP contribution in [0.2, 0.25) is 10.0 Å². The van der Waals surface area contributed by atoms with E-state index in [1.165, 1.54) is 12.1 Å². The lowest BCUT2D eigenvalue weighted by atomic mass is 10.1. The van der Waals surface area contributed by atoms with Gasteiger partial charge in [-0.25, -0.2) is 9.78 Å². The van der Waals surface area contributed by atoms with Gasteiger partial charge in [0.15, 0.2) is 0 Å². The minimum Gasteiger partial charge on any atom is -0.493 e. The van der Waals surface area contributed by atoms with Gasteiger partial charge in [0.25, 0.3) is 5.91 Å². The zero-order valence-electron chi connectivity index (χ0n) is 18.8. The van der Waals surface area contributed by atoms with Crippen LogP contribution in [0.25, 0.3) is 0 Å². The largest absolute Gasteiger partial charge is 0.493 e. The van der Waals surface area contributed by atoms with Crippen LogP contribution in [0.3, 0.4) is 0 Å². The van der Waals surface area contributed by atoms with E-state index in [0.717, 1.165) is 17.1 Å². The number of hydrogen-bond acceptors (Lipinski definition) is 5. The first-order valence-corrected chi connectivity index (χ1v) is 11.3. The fraction of sp³-hybridized carbons (Fsp3) is 0.240. The number of ether oxygens (including phenoxy) is 1. The Labute approximate surface area is 208 Å². The number of aliphatic carboxylic acids is 1. The molecule has 0 bridgehead atoms. The van der Waals surface area contributed by atoms with Crippen LogP contribution in [-0.4, -0.2) is 48.7 Å². The Bertz CT molecular complexity index is 1130. The number of carboxylic acids is 1. The molecule has 0 spiro atoms. The Balaban J connectivity index is 1.57. The van der Waals surface area contributed by atoms with Gasteiger partial charge in [0.1, 0.15) is 17.6 Å². The van der Waals surface area contributed by atoms with Gasteiger partial charge >= 0.3 is 5.97 Å². The minimum atomic E-state index is -1.16. The summed E-state index contributed by atoms with van der Waals surface area (Å²) in [5.41, 5.74) is 1.71. The molecule has 1 amide bonds. The second kappa shape index (κ2) is 11.7. The fourth-order valence-corrected chi connectivity index (χ4v) is 3.80. The highest BCUT2D eigenvalue weighted by Gasteiger charge is 2.23. The van der Waals surface area contributed by atoms with E-state index in [1.54, 1.807) is 30.3 Å². The molecule has 0 aliphatic carbocycles. The fourth-order valence-electron chi connectivity index (χ4n) is 3.23. The first-order valence-electron chi connectivity index (χ1n) is 10.6. The van der Waals surface area contributed by atoms with E-state index < -0.39 is 17.9 Å². The maximum Gasteiger partial charge on any atom is 0.326 e. The van der Waals surface area contributed by atoms with Crippen molar-refractivity contribution < 1.29 is 19.4 Å². The van der Waals surface area contributed by atoms with Gasteiger partial charge in [-0.3, -0.25) is 4.79 Å². The highest BCUT2D eigenvalue weighted by Crippen LogP contribution is 2.24. The zero-order valence-corrected chi connectivity index (χ0v) is 20.3. The molecule has 34 heavy (non-hydrogen) atoms. The molecule has 2 aromatic carbocycles. The quantitative estimate of drug-likeness (QED) is 0.424. The number of nitrogens with one attached hydrogen (secondary N) is 1. The van der Waals surface area contributed by atoms with Crippen molar-refractivity contribution in [3.05, 3.63) is 87.5 Å². The van der Waals surface area contributed by atoms with Crippen LogP contribution in [0, 0.1) is 0 Å². The van der Waals surface area contributed by atoms with Crippen molar-refractivity contribution in [3.63, 3.8) is 0 Å². The third kappa shape index (κ3) is 6.85. The predicted molar refractivity (Wildman–Crippen MR) is 133 cm³/mol. The number of pyridine rings is 1. The predicted octanol–water partition coefficient (Wildman–Crippen LogP) is 4.50. The number of carboxylic acid groups (broad SMARTS) is 1. The third-order valence-electron chi connectivity index (χ3n) is 5.03. The lowest BCUT2D eigenvalue weighted by Crippen LogP contribution is -2.42. The molecule has 0 radical (unpaired) electrons. The first-order chi connectivity index (χ1) is 16.2. The maximum atomic E-state index is 12.6. The summed E-state index contributed by atoms with van der Waals surface area (Å²) in [6.45, 7) is 0.454. The number of amides is 1. The molecule has 0 fully saturated rings. The molecular formula is C25H25Cl2N3O4. The van der Waals surface area contributed by atoms with Crippen molar-refractivity contribution >= 4 is 40.9 Å². The number of rotatable bonds is 10. The van der Waals surface area contributed by atoms with Gasteiger partial charge < -0.3 is 20.1 Å². The van der Waals surface area contributed by atoms with E-state index >= 15 is 0 Å². The van der Waals surface area contributed by atoms with Crippen molar-refractivity contribution in [1.82, 2.24) is 10.3 Å². The maximum absolute atomic E-state index is 12.6. The van der Waals surface area contributed by atoms with Crippen LogP contribution < -0.4 is 15.0 Å². The Morgan fingerprint density at radius 3 is 2.29 bits per heavy atom. The molecule has 3 rings (SSSR count). The van der Waals surface area contributed by atoms with E-state index in [4.69, 9.17) is 27.9 Å². The normalized spacial score (nSPS) is 11.5. The number of carbonyl (C=O) groups is 2. The van der Waals surface area contributed by atoms with Crippen LogP contribution in [-0.2, 0) is 17.6 Å². The molecular weight excluding hydrogens is 477 g/mol. The van der Waals surface area contributed by atoms with Crippen molar-refractivity contribution in [3.8, 4) is 5.75 Å². The summed E-state index contributed by atoms with van der Waals surface area (Å²) in [5.74, 6) is -0.260. The number of nitrogens with zero attached hydrogens (tertiary/aromatic N) is 2. The summed E-state index contributed by atoms with van der Waals surface area (Å²) in [6.07, 6.45) is 0.742.